The maximum absolute atomic E-state index is 11.3. The van der Waals surface area contributed by atoms with E-state index in [4.69, 9.17) is 0 Å². The molecule has 0 atom stereocenters. The summed E-state index contributed by atoms with van der Waals surface area (Å²) in [4.78, 5) is 11.3. The lowest BCUT2D eigenvalue weighted by Crippen LogP contribution is -2.15. The summed E-state index contributed by atoms with van der Waals surface area (Å²) in [5, 5.41) is 6.05. The Bertz CT molecular complexity index is 510. The Morgan fingerprint density at radius 3 is 2.71 bits per heavy atom. The van der Waals surface area contributed by atoms with Crippen molar-refractivity contribution in [1.29, 1.82) is 0 Å². The summed E-state index contributed by atoms with van der Waals surface area (Å²) in [7, 11) is 0. The van der Waals surface area contributed by atoms with Gasteiger partial charge in [-0.1, -0.05) is 17.7 Å². The molecule has 2 rings (SSSR count). The highest BCUT2D eigenvalue weighted by molar-refractivity contribution is 5.41. The zero-order valence-electron chi connectivity index (χ0n) is 8.11. The highest BCUT2D eigenvalue weighted by Crippen LogP contribution is 2.12. The van der Waals surface area contributed by atoms with Crippen LogP contribution >= 0.6 is 0 Å². The fraction of sp³-hybridized carbons (Fsp3) is 0.200. The van der Waals surface area contributed by atoms with Crippen LogP contribution in [0.3, 0.4) is 0 Å². The van der Waals surface area contributed by atoms with Gasteiger partial charge in [0, 0.05) is 0 Å². The predicted molar refractivity (Wildman–Crippen MR) is 53.7 cm³/mol. The molecule has 0 saturated carbocycles. The molecule has 14 heavy (non-hydrogen) atoms. The molecule has 0 aliphatic carbocycles. The van der Waals surface area contributed by atoms with Crippen LogP contribution in [-0.2, 0) is 0 Å². The van der Waals surface area contributed by atoms with Gasteiger partial charge in [-0.25, -0.2) is 14.5 Å². The van der Waals surface area contributed by atoms with E-state index in [1.807, 2.05) is 32.0 Å². The highest BCUT2D eigenvalue weighted by Gasteiger charge is 2.03. The van der Waals surface area contributed by atoms with E-state index in [0.29, 0.717) is 0 Å². The standard InChI is InChI=1S/C10H11N3O/c1-7-3-4-9(8(2)5-7)13-6-11-12-10(13)14/h3-6H,1-2H3,(H,12,14). The lowest BCUT2D eigenvalue weighted by molar-refractivity contribution is 0.971. The molecule has 1 N–H and O–H groups in total. The SMILES string of the molecule is Cc1ccc(-n2cn[nH]c2=O)c(C)c1. The van der Waals surface area contributed by atoms with E-state index in [0.717, 1.165) is 11.3 Å². The Morgan fingerprint density at radius 2 is 2.14 bits per heavy atom. The van der Waals surface area contributed by atoms with E-state index in [1.165, 1.54) is 16.5 Å². The summed E-state index contributed by atoms with van der Waals surface area (Å²) in [5.41, 5.74) is 2.91. The van der Waals surface area contributed by atoms with Crippen LogP contribution in [0.5, 0.6) is 0 Å². The molecule has 72 valence electrons. The fourth-order valence-corrected chi connectivity index (χ4v) is 1.50. The summed E-state index contributed by atoms with van der Waals surface area (Å²) >= 11 is 0. The minimum atomic E-state index is -0.211. The van der Waals surface area contributed by atoms with Crippen LogP contribution in [0, 0.1) is 13.8 Å². The van der Waals surface area contributed by atoms with Gasteiger partial charge in [-0.3, -0.25) is 0 Å². The van der Waals surface area contributed by atoms with Crippen LogP contribution in [-0.4, -0.2) is 14.8 Å². The fourth-order valence-electron chi connectivity index (χ4n) is 1.50. The van der Waals surface area contributed by atoms with E-state index < -0.39 is 0 Å². The monoisotopic (exact) mass is 189 g/mol. The van der Waals surface area contributed by atoms with Gasteiger partial charge in [0.2, 0.25) is 0 Å². The van der Waals surface area contributed by atoms with Gasteiger partial charge in [-0.2, -0.15) is 5.10 Å². The lowest BCUT2D eigenvalue weighted by Gasteiger charge is -2.05. The molecule has 1 heterocycles. The second kappa shape index (κ2) is 3.14. The van der Waals surface area contributed by atoms with Gasteiger partial charge in [-0.15, -0.1) is 0 Å². The van der Waals surface area contributed by atoms with Crippen molar-refractivity contribution in [2.24, 2.45) is 0 Å². The minimum Gasteiger partial charge on any atom is -0.250 e. The summed E-state index contributed by atoms with van der Waals surface area (Å²) in [6.07, 6.45) is 1.49. The maximum Gasteiger partial charge on any atom is 0.347 e. The number of hydrogen-bond acceptors (Lipinski definition) is 2. The number of aromatic nitrogens is 3. The first kappa shape index (κ1) is 8.74. The molecule has 0 saturated heterocycles. The Hall–Kier alpha value is -1.84. The normalized spacial score (nSPS) is 10.4. The number of nitrogens with zero attached hydrogens (tertiary/aromatic N) is 2. The Morgan fingerprint density at radius 1 is 1.36 bits per heavy atom. The van der Waals surface area contributed by atoms with Crippen molar-refractivity contribution in [2.45, 2.75) is 13.8 Å². The van der Waals surface area contributed by atoms with Crippen molar-refractivity contribution in [1.82, 2.24) is 14.8 Å². The van der Waals surface area contributed by atoms with E-state index in [-0.39, 0.29) is 5.69 Å². The zero-order chi connectivity index (χ0) is 10.1. The smallest absolute Gasteiger partial charge is 0.250 e. The summed E-state index contributed by atoms with van der Waals surface area (Å²) in [6, 6.07) is 5.93. The topological polar surface area (TPSA) is 50.7 Å². The lowest BCUT2D eigenvalue weighted by atomic mass is 10.1. The van der Waals surface area contributed by atoms with Gasteiger partial charge in [0.1, 0.15) is 6.33 Å². The van der Waals surface area contributed by atoms with Crippen molar-refractivity contribution in [3.63, 3.8) is 0 Å². The third-order valence-electron chi connectivity index (χ3n) is 2.16. The van der Waals surface area contributed by atoms with Gasteiger partial charge >= 0.3 is 5.69 Å². The number of aromatic amines is 1. The molecule has 0 aliphatic rings. The van der Waals surface area contributed by atoms with Crippen LogP contribution in [0.4, 0.5) is 0 Å². The third kappa shape index (κ3) is 1.35. The molecule has 0 amide bonds. The average molecular weight is 189 g/mol. The molecule has 0 unspecified atom stereocenters. The van der Waals surface area contributed by atoms with Gasteiger partial charge in [0.25, 0.3) is 0 Å². The number of H-pyrrole nitrogens is 1. The molecule has 0 radical (unpaired) electrons. The molecule has 4 heteroatoms. The Labute approximate surface area is 81.2 Å². The average Bonchev–Trinajstić information content (AvgIpc) is 2.52. The van der Waals surface area contributed by atoms with Gasteiger partial charge in [0.15, 0.2) is 0 Å². The van der Waals surface area contributed by atoms with E-state index in [2.05, 4.69) is 10.2 Å². The Kier molecular flexibility index (Phi) is 1.96. The van der Waals surface area contributed by atoms with Crippen LogP contribution in [0.25, 0.3) is 5.69 Å². The first-order valence-corrected chi connectivity index (χ1v) is 4.38. The first-order valence-electron chi connectivity index (χ1n) is 4.38. The number of rotatable bonds is 1. The molecule has 1 aromatic carbocycles. The van der Waals surface area contributed by atoms with Crippen molar-refractivity contribution < 1.29 is 0 Å². The molecule has 0 aliphatic heterocycles. The molecular weight excluding hydrogens is 178 g/mol. The first-order chi connectivity index (χ1) is 6.68. The number of benzene rings is 1. The second-order valence-electron chi connectivity index (χ2n) is 3.32. The number of nitrogens with one attached hydrogen (secondary N) is 1. The predicted octanol–water partition coefficient (Wildman–Crippen LogP) is 1.18. The van der Waals surface area contributed by atoms with E-state index in [9.17, 15) is 4.79 Å². The van der Waals surface area contributed by atoms with Crippen molar-refractivity contribution >= 4 is 0 Å². The molecule has 0 bridgehead atoms. The molecule has 2 aromatic rings. The molecule has 1 aromatic heterocycles. The van der Waals surface area contributed by atoms with Crippen LogP contribution in [0.2, 0.25) is 0 Å². The summed E-state index contributed by atoms with van der Waals surface area (Å²) in [6.45, 7) is 4.00. The number of hydrogen-bond donors (Lipinski definition) is 1. The Balaban J connectivity index is 2.63. The maximum atomic E-state index is 11.3. The van der Waals surface area contributed by atoms with E-state index >= 15 is 0 Å². The second-order valence-corrected chi connectivity index (χ2v) is 3.32. The summed E-state index contributed by atoms with van der Waals surface area (Å²) < 4.78 is 1.49. The largest absolute Gasteiger partial charge is 0.347 e. The van der Waals surface area contributed by atoms with Gasteiger partial charge in [0.05, 0.1) is 5.69 Å². The number of aryl methyl sites for hydroxylation is 2. The molecule has 0 fully saturated rings. The third-order valence-corrected chi connectivity index (χ3v) is 2.16. The molecule has 4 nitrogen and oxygen atoms in total. The molecular formula is C10H11N3O. The van der Waals surface area contributed by atoms with Gasteiger partial charge < -0.3 is 0 Å². The van der Waals surface area contributed by atoms with Crippen LogP contribution in [0.1, 0.15) is 11.1 Å². The summed E-state index contributed by atoms with van der Waals surface area (Å²) in [5.74, 6) is 0. The van der Waals surface area contributed by atoms with Crippen molar-refractivity contribution in [3.8, 4) is 5.69 Å². The quantitative estimate of drug-likeness (QED) is 0.732. The van der Waals surface area contributed by atoms with Crippen LogP contribution in [0.15, 0.2) is 29.3 Å². The zero-order valence-corrected chi connectivity index (χ0v) is 8.11. The van der Waals surface area contributed by atoms with Crippen molar-refractivity contribution in [2.75, 3.05) is 0 Å². The minimum absolute atomic E-state index is 0.211. The highest BCUT2D eigenvalue weighted by atomic mass is 16.1. The van der Waals surface area contributed by atoms with Gasteiger partial charge in [-0.05, 0) is 25.5 Å². The van der Waals surface area contributed by atoms with Crippen LogP contribution < -0.4 is 5.69 Å². The van der Waals surface area contributed by atoms with Crippen molar-refractivity contribution in [3.05, 3.63) is 46.1 Å². The molecule has 0 spiro atoms. The van der Waals surface area contributed by atoms with E-state index in [1.54, 1.807) is 0 Å².